The number of hydrogen-bond acceptors (Lipinski definition) is 4. The van der Waals surface area contributed by atoms with Crippen LogP contribution in [-0.2, 0) is 14.3 Å². The van der Waals surface area contributed by atoms with Crippen molar-refractivity contribution in [2.45, 2.75) is 19.8 Å². The van der Waals surface area contributed by atoms with E-state index in [0.29, 0.717) is 23.3 Å². The number of halogens is 1. The maximum atomic E-state index is 13.3. The van der Waals surface area contributed by atoms with Gasteiger partial charge in [0.25, 0.3) is 0 Å². The van der Waals surface area contributed by atoms with E-state index in [0.717, 1.165) is 6.42 Å². The largest absolute Gasteiger partial charge is 0.496 e. The van der Waals surface area contributed by atoms with Gasteiger partial charge in [-0.05, 0) is 30.2 Å². The monoisotopic (exact) mass is 296 g/mol. The minimum atomic E-state index is -0.361. The fourth-order valence-electron chi connectivity index (χ4n) is 1.72. The van der Waals surface area contributed by atoms with Crippen molar-refractivity contribution >= 4 is 11.5 Å². The van der Waals surface area contributed by atoms with Gasteiger partial charge in [0.05, 0.1) is 20.3 Å². The first kappa shape index (κ1) is 17.2. The molecular formula is C16H21FO4. The Bertz CT molecular complexity index is 485. The van der Waals surface area contributed by atoms with Gasteiger partial charge in [-0.3, -0.25) is 4.79 Å². The van der Waals surface area contributed by atoms with Gasteiger partial charge >= 0.3 is 5.97 Å². The highest BCUT2D eigenvalue weighted by atomic mass is 19.1. The van der Waals surface area contributed by atoms with Gasteiger partial charge in [-0.1, -0.05) is 13.5 Å². The Morgan fingerprint density at radius 3 is 2.76 bits per heavy atom. The third-order valence-electron chi connectivity index (χ3n) is 2.76. The van der Waals surface area contributed by atoms with Crippen LogP contribution in [0.1, 0.15) is 25.3 Å². The number of ether oxygens (including phenoxy) is 3. The first-order chi connectivity index (χ1) is 10.1. The van der Waals surface area contributed by atoms with Gasteiger partial charge in [0.15, 0.2) is 0 Å². The number of hydrogen-bond donors (Lipinski definition) is 0. The Balaban J connectivity index is 2.37. The summed E-state index contributed by atoms with van der Waals surface area (Å²) in [6.45, 7) is 6.45. The predicted octanol–water partition coefficient (Wildman–Crippen LogP) is 3.21. The van der Waals surface area contributed by atoms with Gasteiger partial charge in [-0.2, -0.15) is 0 Å². The van der Waals surface area contributed by atoms with Crippen molar-refractivity contribution in [1.29, 1.82) is 0 Å². The molecule has 0 fully saturated rings. The molecule has 0 amide bonds. The lowest BCUT2D eigenvalue weighted by Gasteiger charge is -2.12. The molecule has 1 aromatic rings. The van der Waals surface area contributed by atoms with Crippen LogP contribution in [0.2, 0.25) is 0 Å². The molecule has 116 valence electrons. The summed E-state index contributed by atoms with van der Waals surface area (Å²) in [7, 11) is 1.51. The normalized spacial score (nSPS) is 10.2. The lowest BCUT2D eigenvalue weighted by Crippen LogP contribution is -2.11. The highest BCUT2D eigenvalue weighted by Crippen LogP contribution is 2.25. The van der Waals surface area contributed by atoms with Crippen molar-refractivity contribution in [3.05, 3.63) is 36.2 Å². The molecular weight excluding hydrogens is 275 g/mol. The fourth-order valence-corrected chi connectivity index (χ4v) is 1.72. The summed E-state index contributed by atoms with van der Waals surface area (Å²) in [4.78, 5) is 11.1. The van der Waals surface area contributed by atoms with Crippen LogP contribution in [0.3, 0.4) is 0 Å². The molecule has 0 atom stereocenters. The molecule has 0 spiro atoms. The molecule has 0 aromatic heterocycles. The third kappa shape index (κ3) is 5.95. The number of rotatable bonds is 9. The van der Waals surface area contributed by atoms with Crippen LogP contribution in [0.4, 0.5) is 4.39 Å². The van der Waals surface area contributed by atoms with Gasteiger partial charge in [-0.15, -0.1) is 0 Å². The van der Waals surface area contributed by atoms with Crippen molar-refractivity contribution in [3.8, 4) is 5.75 Å². The summed E-state index contributed by atoms with van der Waals surface area (Å²) in [5.74, 6) is -0.0495. The summed E-state index contributed by atoms with van der Waals surface area (Å²) in [6, 6.07) is 4.22. The predicted molar refractivity (Wildman–Crippen MR) is 78.7 cm³/mol. The SMILES string of the molecule is C=C(COCCOC(=O)CCC)c1cc(F)ccc1OC. The molecule has 0 bridgehead atoms. The number of benzene rings is 1. The first-order valence-corrected chi connectivity index (χ1v) is 6.83. The average Bonchev–Trinajstić information content (AvgIpc) is 2.47. The molecule has 0 radical (unpaired) electrons. The molecule has 0 unspecified atom stereocenters. The van der Waals surface area contributed by atoms with E-state index in [9.17, 15) is 9.18 Å². The second kappa shape index (κ2) is 9.13. The van der Waals surface area contributed by atoms with Crippen molar-refractivity contribution < 1.29 is 23.4 Å². The van der Waals surface area contributed by atoms with Gasteiger partial charge in [0.2, 0.25) is 0 Å². The van der Waals surface area contributed by atoms with E-state index in [4.69, 9.17) is 14.2 Å². The zero-order chi connectivity index (χ0) is 15.7. The second-order valence-electron chi connectivity index (χ2n) is 4.47. The summed E-state index contributed by atoms with van der Waals surface area (Å²) in [5.41, 5.74) is 1.17. The zero-order valence-electron chi connectivity index (χ0n) is 12.5. The Morgan fingerprint density at radius 1 is 1.33 bits per heavy atom. The first-order valence-electron chi connectivity index (χ1n) is 6.83. The third-order valence-corrected chi connectivity index (χ3v) is 2.76. The quantitative estimate of drug-likeness (QED) is 0.518. The Hall–Kier alpha value is -1.88. The van der Waals surface area contributed by atoms with Crippen molar-refractivity contribution in [2.24, 2.45) is 0 Å². The molecule has 0 saturated heterocycles. The van der Waals surface area contributed by atoms with Gasteiger partial charge in [-0.25, -0.2) is 4.39 Å². The van der Waals surface area contributed by atoms with Crippen LogP contribution in [-0.4, -0.2) is 32.9 Å². The molecule has 5 heteroatoms. The van der Waals surface area contributed by atoms with Gasteiger partial charge < -0.3 is 14.2 Å². The maximum absolute atomic E-state index is 13.3. The van der Waals surface area contributed by atoms with Crippen LogP contribution < -0.4 is 4.74 Å². The topological polar surface area (TPSA) is 44.8 Å². The fraction of sp³-hybridized carbons (Fsp3) is 0.438. The molecule has 0 aliphatic carbocycles. The molecule has 0 saturated carbocycles. The molecule has 21 heavy (non-hydrogen) atoms. The minimum absolute atomic E-state index is 0.201. The van der Waals surface area contributed by atoms with E-state index < -0.39 is 0 Å². The van der Waals surface area contributed by atoms with Gasteiger partial charge in [0.1, 0.15) is 18.2 Å². The molecule has 1 rings (SSSR count). The number of esters is 1. The zero-order valence-corrected chi connectivity index (χ0v) is 12.5. The van der Waals surface area contributed by atoms with Crippen LogP contribution in [0.25, 0.3) is 5.57 Å². The Morgan fingerprint density at radius 2 is 2.10 bits per heavy atom. The van der Waals surface area contributed by atoms with E-state index in [1.807, 2.05) is 6.92 Å². The molecule has 0 aliphatic heterocycles. The molecule has 4 nitrogen and oxygen atoms in total. The molecule has 0 heterocycles. The standard InChI is InChI=1S/C16H21FO4/c1-4-5-16(18)21-9-8-20-11-12(2)14-10-13(17)6-7-15(14)19-3/h6-7,10H,2,4-5,8-9,11H2,1,3H3. The van der Waals surface area contributed by atoms with Crippen molar-refractivity contribution in [2.75, 3.05) is 26.9 Å². The summed E-state index contributed by atoms with van der Waals surface area (Å²) in [6.07, 6.45) is 1.17. The smallest absolute Gasteiger partial charge is 0.305 e. The Kier molecular flexibility index (Phi) is 7.46. The van der Waals surface area contributed by atoms with E-state index in [2.05, 4.69) is 6.58 Å². The van der Waals surface area contributed by atoms with Crippen LogP contribution in [0.5, 0.6) is 5.75 Å². The summed E-state index contributed by atoms with van der Waals surface area (Å²) in [5, 5.41) is 0. The van der Waals surface area contributed by atoms with E-state index >= 15 is 0 Å². The average molecular weight is 296 g/mol. The van der Waals surface area contributed by atoms with E-state index in [-0.39, 0.29) is 31.6 Å². The van der Waals surface area contributed by atoms with E-state index in [1.54, 1.807) is 6.07 Å². The maximum Gasteiger partial charge on any atom is 0.305 e. The number of methoxy groups -OCH3 is 1. The summed E-state index contributed by atoms with van der Waals surface area (Å²) < 4.78 is 28.7. The van der Waals surface area contributed by atoms with Crippen LogP contribution >= 0.6 is 0 Å². The molecule has 0 aliphatic rings. The minimum Gasteiger partial charge on any atom is -0.496 e. The number of carbonyl (C=O) groups is 1. The lowest BCUT2D eigenvalue weighted by atomic mass is 10.1. The molecule has 1 aromatic carbocycles. The molecule has 0 N–H and O–H groups in total. The second-order valence-corrected chi connectivity index (χ2v) is 4.47. The van der Waals surface area contributed by atoms with Crippen LogP contribution in [0.15, 0.2) is 24.8 Å². The van der Waals surface area contributed by atoms with Crippen molar-refractivity contribution in [3.63, 3.8) is 0 Å². The van der Waals surface area contributed by atoms with Crippen LogP contribution in [0, 0.1) is 5.82 Å². The lowest BCUT2D eigenvalue weighted by molar-refractivity contribution is -0.145. The highest BCUT2D eigenvalue weighted by molar-refractivity contribution is 5.69. The summed E-state index contributed by atoms with van der Waals surface area (Å²) >= 11 is 0. The van der Waals surface area contributed by atoms with Gasteiger partial charge in [0, 0.05) is 12.0 Å². The van der Waals surface area contributed by atoms with Crippen molar-refractivity contribution in [1.82, 2.24) is 0 Å². The highest BCUT2D eigenvalue weighted by Gasteiger charge is 2.08. The van der Waals surface area contributed by atoms with E-state index in [1.165, 1.54) is 19.2 Å². The number of carbonyl (C=O) groups excluding carboxylic acids is 1. The Labute approximate surface area is 124 Å².